The highest BCUT2D eigenvalue weighted by Gasteiger charge is 2.11. The summed E-state index contributed by atoms with van der Waals surface area (Å²) >= 11 is 0. The topological polar surface area (TPSA) is 77.5 Å². The molecule has 0 unspecified atom stereocenters. The highest BCUT2D eigenvalue weighted by atomic mass is 16.5. The van der Waals surface area contributed by atoms with Crippen molar-refractivity contribution in [3.05, 3.63) is 77.1 Å². The summed E-state index contributed by atoms with van der Waals surface area (Å²) in [6.45, 7) is 9.32. The van der Waals surface area contributed by atoms with Crippen LogP contribution >= 0.6 is 0 Å². The van der Waals surface area contributed by atoms with Gasteiger partial charge in [0.25, 0.3) is 0 Å². The van der Waals surface area contributed by atoms with Crippen LogP contribution in [0.2, 0.25) is 0 Å². The summed E-state index contributed by atoms with van der Waals surface area (Å²) in [7, 11) is 0. The molecule has 0 saturated heterocycles. The number of hydrogen-bond donors (Lipinski definition) is 2. The highest BCUT2D eigenvalue weighted by Crippen LogP contribution is 2.18. The van der Waals surface area contributed by atoms with Gasteiger partial charge in [-0.15, -0.1) is 0 Å². The van der Waals surface area contributed by atoms with Gasteiger partial charge in [0.15, 0.2) is 5.96 Å². The van der Waals surface area contributed by atoms with Crippen molar-refractivity contribution in [1.82, 2.24) is 9.78 Å². The van der Waals surface area contributed by atoms with Gasteiger partial charge in [0, 0.05) is 16.9 Å². The molecule has 0 amide bonds. The van der Waals surface area contributed by atoms with Gasteiger partial charge >= 0.3 is 0 Å². The van der Waals surface area contributed by atoms with E-state index in [1.165, 1.54) is 5.56 Å². The van der Waals surface area contributed by atoms with Crippen LogP contribution in [0.5, 0.6) is 5.75 Å². The van der Waals surface area contributed by atoms with Crippen molar-refractivity contribution in [3.8, 4) is 5.75 Å². The lowest BCUT2D eigenvalue weighted by Gasteiger charge is -2.11. The lowest BCUT2D eigenvalue weighted by atomic mass is 10.2. The number of aryl methyl sites for hydroxylation is 1. The van der Waals surface area contributed by atoms with Crippen molar-refractivity contribution in [3.63, 3.8) is 0 Å². The molecule has 0 bridgehead atoms. The molecule has 1 heterocycles. The molecule has 0 aliphatic carbocycles. The van der Waals surface area contributed by atoms with Crippen molar-refractivity contribution in [2.75, 3.05) is 5.32 Å². The summed E-state index contributed by atoms with van der Waals surface area (Å²) in [4.78, 5) is 4.50. The summed E-state index contributed by atoms with van der Waals surface area (Å²) in [6.07, 6.45) is 0.148. The number of ether oxygens (including phenoxy) is 1. The molecule has 6 heteroatoms. The SMILES string of the molecule is Cc1nn(Cc2ccccc2)c(C)c1CN=C(N)Nc1ccc(OC(C)C)cc1. The number of aromatic nitrogens is 2. The van der Waals surface area contributed by atoms with Gasteiger partial charge in [0.2, 0.25) is 0 Å². The van der Waals surface area contributed by atoms with E-state index in [0.717, 1.165) is 34.9 Å². The van der Waals surface area contributed by atoms with E-state index in [4.69, 9.17) is 10.5 Å². The minimum atomic E-state index is 0.148. The van der Waals surface area contributed by atoms with Crippen LogP contribution in [0.15, 0.2) is 59.6 Å². The number of rotatable bonds is 7. The molecule has 3 rings (SSSR count). The normalized spacial score (nSPS) is 11.7. The maximum atomic E-state index is 6.08. The number of nitrogens with one attached hydrogen (secondary N) is 1. The van der Waals surface area contributed by atoms with Gasteiger partial charge in [0.05, 0.1) is 24.9 Å². The molecule has 152 valence electrons. The molecule has 2 aromatic carbocycles. The quantitative estimate of drug-likeness (QED) is 0.466. The molecular formula is C23H29N5O. The monoisotopic (exact) mass is 391 g/mol. The Balaban J connectivity index is 1.64. The Morgan fingerprint density at radius 1 is 1.10 bits per heavy atom. The average molecular weight is 392 g/mol. The zero-order valence-corrected chi connectivity index (χ0v) is 17.5. The number of hydrogen-bond acceptors (Lipinski definition) is 3. The van der Waals surface area contributed by atoms with Crippen LogP contribution in [0, 0.1) is 13.8 Å². The third-order valence-corrected chi connectivity index (χ3v) is 4.61. The molecule has 6 nitrogen and oxygen atoms in total. The summed E-state index contributed by atoms with van der Waals surface area (Å²) in [5.74, 6) is 1.20. The maximum absolute atomic E-state index is 6.08. The molecule has 0 atom stereocenters. The van der Waals surface area contributed by atoms with Gasteiger partial charge in [-0.3, -0.25) is 4.68 Å². The minimum absolute atomic E-state index is 0.148. The van der Waals surface area contributed by atoms with Crippen LogP contribution in [-0.2, 0) is 13.1 Å². The van der Waals surface area contributed by atoms with E-state index >= 15 is 0 Å². The first-order valence-electron chi connectivity index (χ1n) is 9.83. The molecule has 0 spiro atoms. The van der Waals surface area contributed by atoms with Crippen molar-refractivity contribution in [1.29, 1.82) is 0 Å². The van der Waals surface area contributed by atoms with E-state index in [2.05, 4.69) is 34.5 Å². The van der Waals surface area contributed by atoms with Crippen LogP contribution in [0.3, 0.4) is 0 Å². The fourth-order valence-electron chi connectivity index (χ4n) is 3.11. The number of anilines is 1. The Morgan fingerprint density at radius 2 is 1.79 bits per heavy atom. The minimum Gasteiger partial charge on any atom is -0.491 e. The van der Waals surface area contributed by atoms with Crippen LogP contribution in [0.4, 0.5) is 5.69 Å². The molecule has 0 saturated carbocycles. The molecule has 0 aliphatic heterocycles. The van der Waals surface area contributed by atoms with Gasteiger partial charge in [0.1, 0.15) is 5.75 Å². The molecular weight excluding hydrogens is 362 g/mol. The van der Waals surface area contributed by atoms with Crippen molar-refractivity contribution in [2.45, 2.75) is 46.9 Å². The summed E-state index contributed by atoms with van der Waals surface area (Å²) in [5, 5.41) is 7.80. The Bertz CT molecular complexity index is 959. The third-order valence-electron chi connectivity index (χ3n) is 4.61. The molecule has 0 fully saturated rings. The van der Waals surface area contributed by atoms with Gasteiger partial charge < -0.3 is 15.8 Å². The zero-order chi connectivity index (χ0) is 20.8. The summed E-state index contributed by atoms with van der Waals surface area (Å²) < 4.78 is 7.67. The highest BCUT2D eigenvalue weighted by molar-refractivity contribution is 5.92. The van der Waals surface area contributed by atoms with E-state index in [-0.39, 0.29) is 6.10 Å². The fraction of sp³-hybridized carbons (Fsp3) is 0.304. The maximum Gasteiger partial charge on any atom is 0.193 e. The molecule has 0 radical (unpaired) electrons. The van der Waals surface area contributed by atoms with Gasteiger partial charge in [-0.25, -0.2) is 4.99 Å². The Morgan fingerprint density at radius 3 is 2.45 bits per heavy atom. The van der Waals surface area contributed by atoms with Gasteiger partial charge in [-0.2, -0.15) is 5.10 Å². The first-order valence-corrected chi connectivity index (χ1v) is 9.83. The number of aliphatic imine (C=N–C) groups is 1. The van der Waals surface area contributed by atoms with E-state index < -0.39 is 0 Å². The van der Waals surface area contributed by atoms with Crippen LogP contribution in [0.1, 0.15) is 36.4 Å². The third kappa shape index (κ3) is 5.60. The zero-order valence-electron chi connectivity index (χ0n) is 17.5. The first-order chi connectivity index (χ1) is 13.9. The number of nitrogens with two attached hydrogens (primary N) is 1. The average Bonchev–Trinajstić information content (AvgIpc) is 2.95. The molecule has 0 aliphatic rings. The van der Waals surface area contributed by atoms with Gasteiger partial charge in [-0.1, -0.05) is 30.3 Å². The fourth-order valence-corrected chi connectivity index (χ4v) is 3.11. The van der Waals surface area contributed by atoms with Crippen molar-refractivity contribution >= 4 is 11.6 Å². The van der Waals surface area contributed by atoms with Crippen LogP contribution in [-0.4, -0.2) is 21.8 Å². The standard InChI is InChI=1S/C23H29N5O/c1-16(2)29-21-12-10-20(11-13-21)26-23(24)25-14-22-17(3)27-28(18(22)4)15-19-8-6-5-7-9-19/h5-13,16H,14-15H2,1-4H3,(H3,24,25,26). The van der Waals surface area contributed by atoms with Crippen LogP contribution in [0.25, 0.3) is 0 Å². The predicted molar refractivity (Wildman–Crippen MR) is 118 cm³/mol. The Labute approximate surface area is 172 Å². The first kappa shape index (κ1) is 20.5. The summed E-state index contributed by atoms with van der Waals surface area (Å²) in [5.41, 5.74) is 11.4. The smallest absolute Gasteiger partial charge is 0.193 e. The number of benzene rings is 2. The van der Waals surface area contributed by atoms with Gasteiger partial charge in [-0.05, 0) is 57.5 Å². The van der Waals surface area contributed by atoms with Crippen LogP contribution < -0.4 is 15.8 Å². The largest absolute Gasteiger partial charge is 0.491 e. The Kier molecular flexibility index (Phi) is 6.54. The number of nitrogens with zero attached hydrogens (tertiary/aromatic N) is 3. The molecule has 1 aromatic heterocycles. The van der Waals surface area contributed by atoms with E-state index in [0.29, 0.717) is 12.5 Å². The second-order valence-electron chi connectivity index (χ2n) is 7.31. The second-order valence-corrected chi connectivity index (χ2v) is 7.31. The predicted octanol–water partition coefficient (Wildman–Crippen LogP) is 4.26. The molecule has 29 heavy (non-hydrogen) atoms. The van der Waals surface area contributed by atoms with E-state index in [1.54, 1.807) is 0 Å². The molecule has 3 N–H and O–H groups in total. The Hall–Kier alpha value is -3.28. The van der Waals surface area contributed by atoms with E-state index in [1.807, 2.05) is 67.9 Å². The second kappa shape index (κ2) is 9.28. The number of guanidine groups is 1. The molecule has 3 aromatic rings. The lowest BCUT2D eigenvalue weighted by molar-refractivity contribution is 0.242. The van der Waals surface area contributed by atoms with Crippen molar-refractivity contribution < 1.29 is 4.74 Å². The van der Waals surface area contributed by atoms with E-state index in [9.17, 15) is 0 Å². The lowest BCUT2D eigenvalue weighted by Crippen LogP contribution is -2.22. The van der Waals surface area contributed by atoms with Crippen molar-refractivity contribution in [2.24, 2.45) is 10.7 Å². The summed E-state index contributed by atoms with van der Waals surface area (Å²) in [6, 6.07) is 18.0.